The van der Waals surface area contributed by atoms with E-state index in [1.165, 1.54) is 11.8 Å². The van der Waals surface area contributed by atoms with Gasteiger partial charge in [-0.2, -0.15) is 5.10 Å². The second-order valence-electron chi connectivity index (χ2n) is 5.10. The van der Waals surface area contributed by atoms with E-state index in [0.29, 0.717) is 11.7 Å². The molecule has 0 aliphatic carbocycles. The molecule has 2 heterocycles. The van der Waals surface area contributed by atoms with Crippen LogP contribution in [-0.4, -0.2) is 41.4 Å². The fraction of sp³-hybridized carbons (Fsp3) is 0.538. The third-order valence-electron chi connectivity index (χ3n) is 2.97. The van der Waals surface area contributed by atoms with Crippen molar-refractivity contribution in [2.24, 2.45) is 7.05 Å². The Morgan fingerprint density at radius 1 is 1.43 bits per heavy atom. The first-order valence-electron chi connectivity index (χ1n) is 6.72. The summed E-state index contributed by atoms with van der Waals surface area (Å²) in [5, 5.41) is 21.9. The van der Waals surface area contributed by atoms with Crippen molar-refractivity contribution < 1.29 is 9.90 Å². The maximum absolute atomic E-state index is 10.7. The second kappa shape index (κ2) is 6.75. The normalized spacial score (nSPS) is 11.2. The van der Waals surface area contributed by atoms with Crippen LogP contribution in [-0.2, 0) is 24.8 Å². The number of nitrogens with zero attached hydrogens (tertiary/aromatic N) is 5. The van der Waals surface area contributed by atoms with Crippen LogP contribution in [0.25, 0.3) is 0 Å². The molecular formula is C13H19N5O2S. The monoisotopic (exact) mass is 309 g/mol. The van der Waals surface area contributed by atoms with Crippen LogP contribution < -0.4 is 0 Å². The number of carboxylic acids is 1. The van der Waals surface area contributed by atoms with Crippen molar-refractivity contribution in [2.75, 3.05) is 5.75 Å². The fourth-order valence-electron chi connectivity index (χ4n) is 2.01. The molecule has 2 rings (SSSR count). The molecule has 0 unspecified atom stereocenters. The van der Waals surface area contributed by atoms with Gasteiger partial charge in [-0.3, -0.25) is 9.48 Å². The van der Waals surface area contributed by atoms with Gasteiger partial charge in [0.15, 0.2) is 5.16 Å². The molecule has 7 nitrogen and oxygen atoms in total. The van der Waals surface area contributed by atoms with Crippen LogP contribution >= 0.6 is 11.8 Å². The predicted molar refractivity (Wildman–Crippen MR) is 79.4 cm³/mol. The fourth-order valence-corrected chi connectivity index (χ4v) is 2.70. The molecule has 114 valence electrons. The van der Waals surface area contributed by atoms with E-state index in [-0.39, 0.29) is 11.7 Å². The Morgan fingerprint density at radius 3 is 2.76 bits per heavy atom. The summed E-state index contributed by atoms with van der Waals surface area (Å²) in [6.45, 7) is 4.82. The molecule has 2 aromatic rings. The van der Waals surface area contributed by atoms with Crippen LogP contribution in [0.5, 0.6) is 0 Å². The van der Waals surface area contributed by atoms with Crippen LogP contribution in [0.1, 0.15) is 31.2 Å². The lowest BCUT2D eigenvalue weighted by Crippen LogP contribution is -2.10. The Balaban J connectivity index is 2.13. The summed E-state index contributed by atoms with van der Waals surface area (Å²) >= 11 is 1.20. The Hall–Kier alpha value is -1.83. The number of carbonyl (C=O) groups is 1. The minimum absolute atomic E-state index is 0.0108. The quantitative estimate of drug-likeness (QED) is 0.781. The topological polar surface area (TPSA) is 85.8 Å². The number of aliphatic carboxylic acids is 1. The van der Waals surface area contributed by atoms with Gasteiger partial charge in [0.2, 0.25) is 0 Å². The van der Waals surface area contributed by atoms with E-state index in [9.17, 15) is 4.79 Å². The average molecular weight is 309 g/mol. The summed E-state index contributed by atoms with van der Waals surface area (Å²) in [6, 6.07) is 0. The van der Waals surface area contributed by atoms with Crippen molar-refractivity contribution in [3.05, 3.63) is 23.8 Å². The third kappa shape index (κ3) is 4.07. The molecule has 0 saturated heterocycles. The summed E-state index contributed by atoms with van der Waals surface area (Å²) in [6.07, 6.45) is 4.62. The largest absolute Gasteiger partial charge is 0.481 e. The molecule has 0 bridgehead atoms. The molecule has 0 aliphatic heterocycles. The van der Waals surface area contributed by atoms with Crippen LogP contribution in [0, 0.1) is 0 Å². The predicted octanol–water partition coefficient (Wildman–Crippen LogP) is 1.55. The highest BCUT2D eigenvalue weighted by molar-refractivity contribution is 7.99. The van der Waals surface area contributed by atoms with Crippen molar-refractivity contribution in [3.8, 4) is 0 Å². The first-order valence-corrected chi connectivity index (χ1v) is 7.71. The number of thioether (sulfide) groups is 1. The molecule has 8 heteroatoms. The van der Waals surface area contributed by atoms with Crippen molar-refractivity contribution in [1.82, 2.24) is 24.5 Å². The molecule has 0 aromatic carbocycles. The summed E-state index contributed by atoms with van der Waals surface area (Å²) in [5.74, 6) is 0.258. The van der Waals surface area contributed by atoms with Crippen LogP contribution in [0.2, 0.25) is 0 Å². The Labute approximate surface area is 127 Å². The smallest absolute Gasteiger partial charge is 0.313 e. The molecule has 2 aromatic heterocycles. The summed E-state index contributed by atoms with van der Waals surface area (Å²) in [4.78, 5) is 10.7. The SMILES string of the molecule is CC(C)c1nnc(SCC(=O)O)n1CCc1cnn(C)c1. The Bertz CT molecular complexity index is 620. The minimum Gasteiger partial charge on any atom is -0.481 e. The first-order chi connectivity index (χ1) is 9.97. The van der Waals surface area contributed by atoms with Crippen LogP contribution in [0.4, 0.5) is 0 Å². The van der Waals surface area contributed by atoms with E-state index in [1.807, 2.05) is 24.0 Å². The van der Waals surface area contributed by atoms with Gasteiger partial charge in [0, 0.05) is 25.7 Å². The molecule has 0 radical (unpaired) electrons. The highest BCUT2D eigenvalue weighted by Gasteiger charge is 2.16. The van der Waals surface area contributed by atoms with Gasteiger partial charge in [-0.25, -0.2) is 0 Å². The highest BCUT2D eigenvalue weighted by atomic mass is 32.2. The third-order valence-corrected chi connectivity index (χ3v) is 3.92. The van der Waals surface area contributed by atoms with Gasteiger partial charge in [0.05, 0.1) is 11.9 Å². The number of hydrogen-bond donors (Lipinski definition) is 1. The van der Waals surface area contributed by atoms with E-state index in [2.05, 4.69) is 29.1 Å². The van der Waals surface area contributed by atoms with E-state index < -0.39 is 5.97 Å². The summed E-state index contributed by atoms with van der Waals surface area (Å²) in [7, 11) is 1.88. The molecule has 0 amide bonds. The van der Waals surface area contributed by atoms with Gasteiger partial charge >= 0.3 is 5.97 Å². The molecule has 0 spiro atoms. The number of hydrogen-bond acceptors (Lipinski definition) is 5. The number of rotatable bonds is 7. The molecule has 0 atom stereocenters. The van der Waals surface area contributed by atoms with Crippen LogP contribution in [0.15, 0.2) is 17.6 Å². The summed E-state index contributed by atoms with van der Waals surface area (Å²) in [5.41, 5.74) is 1.13. The van der Waals surface area contributed by atoms with Gasteiger partial charge in [0.1, 0.15) is 5.82 Å². The van der Waals surface area contributed by atoms with Gasteiger partial charge in [-0.05, 0) is 12.0 Å². The van der Waals surface area contributed by atoms with E-state index >= 15 is 0 Å². The van der Waals surface area contributed by atoms with Crippen molar-refractivity contribution in [3.63, 3.8) is 0 Å². The highest BCUT2D eigenvalue weighted by Crippen LogP contribution is 2.21. The average Bonchev–Trinajstić information content (AvgIpc) is 2.99. The van der Waals surface area contributed by atoms with E-state index in [1.54, 1.807) is 4.68 Å². The number of aromatic nitrogens is 5. The lowest BCUT2D eigenvalue weighted by atomic mass is 10.2. The molecule has 21 heavy (non-hydrogen) atoms. The van der Waals surface area contributed by atoms with Crippen molar-refractivity contribution in [1.29, 1.82) is 0 Å². The zero-order valence-electron chi connectivity index (χ0n) is 12.4. The zero-order chi connectivity index (χ0) is 15.4. The van der Waals surface area contributed by atoms with E-state index in [0.717, 1.165) is 17.8 Å². The van der Waals surface area contributed by atoms with Gasteiger partial charge < -0.3 is 9.67 Å². The lowest BCUT2D eigenvalue weighted by molar-refractivity contribution is -0.133. The second-order valence-corrected chi connectivity index (χ2v) is 6.04. The standard InChI is InChI=1S/C13H19N5O2S/c1-9(2)12-15-16-13(21-8-11(19)20)18(12)5-4-10-6-14-17(3)7-10/h6-7,9H,4-5,8H2,1-3H3,(H,19,20). The maximum Gasteiger partial charge on any atom is 0.313 e. The zero-order valence-corrected chi connectivity index (χ0v) is 13.2. The minimum atomic E-state index is -0.854. The van der Waals surface area contributed by atoms with Crippen LogP contribution in [0.3, 0.4) is 0 Å². The van der Waals surface area contributed by atoms with E-state index in [4.69, 9.17) is 5.11 Å². The van der Waals surface area contributed by atoms with Crippen molar-refractivity contribution in [2.45, 2.75) is 37.9 Å². The van der Waals surface area contributed by atoms with Gasteiger partial charge in [-0.1, -0.05) is 25.6 Å². The molecule has 0 aliphatic rings. The van der Waals surface area contributed by atoms with Crippen molar-refractivity contribution >= 4 is 17.7 Å². The lowest BCUT2D eigenvalue weighted by Gasteiger charge is -2.11. The summed E-state index contributed by atoms with van der Waals surface area (Å²) < 4.78 is 3.77. The molecule has 0 saturated carbocycles. The number of carboxylic acid groups (broad SMARTS) is 1. The first kappa shape index (κ1) is 15.6. The number of aryl methyl sites for hydroxylation is 2. The Kier molecular flexibility index (Phi) is 5.00. The molecule has 0 fully saturated rings. The van der Waals surface area contributed by atoms with Gasteiger partial charge in [-0.15, -0.1) is 10.2 Å². The Morgan fingerprint density at radius 2 is 2.19 bits per heavy atom. The molecular weight excluding hydrogens is 290 g/mol. The van der Waals surface area contributed by atoms with Gasteiger partial charge in [0.25, 0.3) is 0 Å². The maximum atomic E-state index is 10.7. The molecule has 1 N–H and O–H groups in total.